The molecule has 1 aromatic carbocycles. The van der Waals surface area contributed by atoms with Crippen molar-refractivity contribution in [3.05, 3.63) is 29.3 Å². The van der Waals surface area contributed by atoms with Gasteiger partial charge in [0, 0.05) is 5.56 Å². The van der Waals surface area contributed by atoms with Crippen molar-refractivity contribution in [3.8, 4) is 0 Å². The van der Waals surface area contributed by atoms with Crippen molar-refractivity contribution in [3.63, 3.8) is 0 Å². The van der Waals surface area contributed by atoms with Crippen LogP contribution in [0.4, 0.5) is 26.3 Å². The smallest absolute Gasteiger partial charge is 0.336 e. The van der Waals surface area contributed by atoms with E-state index in [0.717, 1.165) is 12.1 Å². The Balaban J connectivity index is 3.51. The molecule has 0 heterocycles. The second-order valence-corrected chi connectivity index (χ2v) is 4.80. The van der Waals surface area contributed by atoms with Crippen LogP contribution in [0, 0.1) is 0 Å². The molecule has 0 aliphatic heterocycles. The number of benzene rings is 1. The molecule has 0 aliphatic rings. The first-order valence-corrected chi connectivity index (χ1v) is 6.84. The van der Waals surface area contributed by atoms with E-state index in [2.05, 4.69) is 0 Å². The molecule has 0 N–H and O–H groups in total. The lowest BCUT2D eigenvalue weighted by atomic mass is 10.1. The molecule has 0 amide bonds. The van der Waals surface area contributed by atoms with Crippen LogP contribution in [-0.4, -0.2) is 19.3 Å². The molecule has 1 aromatic rings. The fourth-order valence-corrected chi connectivity index (χ4v) is 2.70. The Morgan fingerprint density at radius 3 is 1.88 bits per heavy atom. The van der Waals surface area contributed by atoms with Crippen LogP contribution in [0.25, 0.3) is 0 Å². The highest BCUT2D eigenvalue weighted by Gasteiger charge is 2.43. The Bertz CT molecular complexity index is 383. The SMILES string of the molecule is FC(F)(F)c1ccc[c]([Mg][Cl])c1C(F)(F)F. The summed E-state index contributed by atoms with van der Waals surface area (Å²) in [4.78, 5) is 0. The maximum Gasteiger partial charge on any atom is 0.539 e. The predicted octanol–water partition coefficient (Wildman–Crippen LogP) is 3.21. The zero-order valence-corrected chi connectivity index (χ0v) is 9.76. The summed E-state index contributed by atoms with van der Waals surface area (Å²) in [6.45, 7) is 0. The van der Waals surface area contributed by atoms with Gasteiger partial charge in [0.15, 0.2) is 0 Å². The summed E-state index contributed by atoms with van der Waals surface area (Å²) in [7, 11) is 5.33. The second kappa shape index (κ2) is 4.62. The molecule has 86 valence electrons. The Labute approximate surface area is 100 Å². The molecule has 0 aromatic heterocycles. The van der Waals surface area contributed by atoms with E-state index < -0.39 is 46.4 Å². The zero-order valence-electron chi connectivity index (χ0n) is 7.58. The molecule has 0 spiro atoms. The van der Waals surface area contributed by atoms with Crippen LogP contribution in [0.15, 0.2) is 18.2 Å². The third-order valence-corrected chi connectivity index (χ3v) is 3.62. The quantitative estimate of drug-likeness (QED) is 0.544. The van der Waals surface area contributed by atoms with Gasteiger partial charge >= 0.3 is 31.6 Å². The van der Waals surface area contributed by atoms with Gasteiger partial charge in [-0.1, -0.05) is 12.1 Å². The fourth-order valence-electron chi connectivity index (χ4n) is 1.28. The Kier molecular flexibility index (Phi) is 4.02. The van der Waals surface area contributed by atoms with Crippen molar-refractivity contribution in [2.24, 2.45) is 0 Å². The van der Waals surface area contributed by atoms with Gasteiger partial charge < -0.3 is 9.07 Å². The van der Waals surface area contributed by atoms with Crippen molar-refractivity contribution in [2.45, 2.75) is 12.4 Å². The fraction of sp³-hybridized carbons (Fsp3) is 0.250. The van der Waals surface area contributed by atoms with Crippen molar-refractivity contribution < 1.29 is 26.3 Å². The minimum absolute atomic E-state index is 0.410. The van der Waals surface area contributed by atoms with Crippen molar-refractivity contribution in [1.82, 2.24) is 0 Å². The summed E-state index contributed by atoms with van der Waals surface area (Å²) in [6, 6.07) is 2.33. The van der Waals surface area contributed by atoms with Gasteiger partial charge in [0.2, 0.25) is 0 Å². The molecule has 0 nitrogen and oxygen atoms in total. The molecule has 0 unspecified atom stereocenters. The van der Waals surface area contributed by atoms with Crippen LogP contribution >= 0.6 is 9.07 Å². The molecule has 0 saturated carbocycles. The monoisotopic (exact) mass is 272 g/mol. The molecule has 0 radical (unpaired) electrons. The van der Waals surface area contributed by atoms with Crippen molar-refractivity contribution in [1.29, 1.82) is 0 Å². The van der Waals surface area contributed by atoms with Crippen LogP contribution in [0.5, 0.6) is 0 Å². The number of alkyl halides is 6. The van der Waals surface area contributed by atoms with E-state index in [-0.39, 0.29) is 0 Å². The minimum atomic E-state index is -5.04. The van der Waals surface area contributed by atoms with Crippen LogP contribution in [0.3, 0.4) is 0 Å². The maximum absolute atomic E-state index is 12.5. The van der Waals surface area contributed by atoms with Crippen LogP contribution < -0.4 is 3.69 Å². The van der Waals surface area contributed by atoms with Gasteiger partial charge in [-0.3, -0.25) is 0 Å². The Morgan fingerprint density at radius 1 is 0.938 bits per heavy atom. The average molecular weight is 273 g/mol. The number of rotatable bonds is 1. The average Bonchev–Trinajstić information content (AvgIpc) is 2.13. The van der Waals surface area contributed by atoms with E-state index >= 15 is 0 Å². The van der Waals surface area contributed by atoms with Crippen LogP contribution in [0.1, 0.15) is 11.1 Å². The summed E-state index contributed by atoms with van der Waals surface area (Å²) in [5.41, 5.74) is -3.32. The lowest BCUT2D eigenvalue weighted by Crippen LogP contribution is -2.28. The summed E-state index contributed by atoms with van der Waals surface area (Å²) >= 11 is -1.84. The molecule has 1 rings (SSSR count). The summed E-state index contributed by atoms with van der Waals surface area (Å²) in [5, 5.41) is 0. The first kappa shape index (κ1) is 13.9. The van der Waals surface area contributed by atoms with Gasteiger partial charge in [-0.05, 0) is 6.07 Å². The largest absolute Gasteiger partial charge is 0.539 e. The third-order valence-electron chi connectivity index (χ3n) is 1.88. The van der Waals surface area contributed by atoms with Crippen LogP contribution in [0.2, 0.25) is 0 Å². The summed E-state index contributed by atoms with van der Waals surface area (Å²) in [5.74, 6) is 0. The molecule has 8 heteroatoms. The number of hydrogen-bond donors (Lipinski definition) is 0. The third kappa shape index (κ3) is 2.95. The Hall–Kier alpha value is -0.144. The summed E-state index contributed by atoms with van der Waals surface area (Å²) in [6.07, 6.45) is -10.1. The number of halogens is 7. The van der Waals surface area contributed by atoms with E-state index in [0.29, 0.717) is 6.07 Å². The standard InChI is InChI=1S/C8H3F6.ClH.Mg/c9-7(10,11)5-3-1-2-4-6(5)8(12,13)14;;/h1-3H;1H;/q;;+1/p-1. The predicted molar refractivity (Wildman–Crippen MR) is 47.7 cm³/mol. The normalized spacial score (nSPS) is 12.4. The minimum Gasteiger partial charge on any atom is -0.336 e. The highest BCUT2D eigenvalue weighted by molar-refractivity contribution is 7.01. The van der Waals surface area contributed by atoms with E-state index in [1.54, 1.807) is 0 Å². The summed E-state index contributed by atoms with van der Waals surface area (Å²) < 4.78 is 74.1. The van der Waals surface area contributed by atoms with Crippen molar-refractivity contribution in [2.75, 3.05) is 0 Å². The number of hydrogen-bond acceptors (Lipinski definition) is 0. The van der Waals surface area contributed by atoms with E-state index in [1.165, 1.54) is 0 Å². The Morgan fingerprint density at radius 2 is 1.50 bits per heavy atom. The first-order valence-electron chi connectivity index (χ1n) is 4.00. The molecule has 16 heavy (non-hydrogen) atoms. The lowest BCUT2D eigenvalue weighted by molar-refractivity contribution is -0.161. The zero-order chi connectivity index (χ0) is 12.6. The molecule has 0 aliphatic carbocycles. The second-order valence-electron chi connectivity index (χ2n) is 2.97. The van der Waals surface area contributed by atoms with E-state index in [9.17, 15) is 26.3 Å². The van der Waals surface area contributed by atoms with Gasteiger partial charge in [0.25, 0.3) is 0 Å². The van der Waals surface area contributed by atoms with E-state index in [1.807, 2.05) is 0 Å². The first-order chi connectivity index (χ1) is 7.18. The maximum atomic E-state index is 12.5. The molecular formula is C8H3ClF6Mg. The van der Waals surface area contributed by atoms with Gasteiger partial charge in [0.1, 0.15) is 0 Å². The molecule has 0 bridgehead atoms. The highest BCUT2D eigenvalue weighted by Crippen LogP contribution is 2.39. The van der Waals surface area contributed by atoms with Gasteiger partial charge in [-0.2, -0.15) is 26.3 Å². The van der Waals surface area contributed by atoms with Crippen LogP contribution in [-0.2, 0) is 12.4 Å². The topological polar surface area (TPSA) is 0 Å². The van der Waals surface area contributed by atoms with E-state index in [4.69, 9.17) is 9.07 Å². The molecular weight excluding hydrogens is 270 g/mol. The van der Waals surface area contributed by atoms with Gasteiger partial charge in [0.05, 0.1) is 5.56 Å². The van der Waals surface area contributed by atoms with Crippen molar-refractivity contribution >= 4 is 32.0 Å². The lowest BCUT2D eigenvalue weighted by Gasteiger charge is -2.18. The molecule has 0 atom stereocenters. The molecule has 0 saturated heterocycles. The van der Waals surface area contributed by atoms with Gasteiger partial charge in [-0.15, -0.1) is 3.69 Å². The molecule has 0 fully saturated rings. The van der Waals surface area contributed by atoms with Gasteiger partial charge in [-0.25, -0.2) is 0 Å². The highest BCUT2D eigenvalue weighted by atomic mass is 35.5.